The number of ether oxygens (including phenoxy) is 1. The molecule has 2 aromatic rings. The molecule has 1 aliphatic heterocycles. The van der Waals surface area contributed by atoms with Gasteiger partial charge in [0.2, 0.25) is 0 Å². The average molecular weight is 440 g/mol. The molecule has 1 heterocycles. The highest BCUT2D eigenvalue weighted by Gasteiger charge is 2.46. The molecule has 0 bridgehead atoms. The van der Waals surface area contributed by atoms with Crippen LogP contribution in [0.1, 0.15) is 57.2 Å². The van der Waals surface area contributed by atoms with Crippen LogP contribution in [0.2, 0.25) is 0 Å². The van der Waals surface area contributed by atoms with Crippen molar-refractivity contribution in [2.24, 2.45) is 5.92 Å². The van der Waals surface area contributed by atoms with Crippen LogP contribution < -0.4 is 4.74 Å². The molecule has 1 unspecified atom stereocenters. The molecule has 3 rings (SSSR count). The van der Waals surface area contributed by atoms with E-state index in [9.17, 15) is 19.1 Å². The molecule has 1 aliphatic rings. The van der Waals surface area contributed by atoms with E-state index in [0.29, 0.717) is 36.8 Å². The third-order valence-electron chi connectivity index (χ3n) is 5.43. The van der Waals surface area contributed by atoms with Gasteiger partial charge in [-0.3, -0.25) is 9.59 Å². The van der Waals surface area contributed by atoms with Gasteiger partial charge in [-0.25, -0.2) is 4.39 Å². The van der Waals surface area contributed by atoms with Crippen LogP contribution >= 0.6 is 0 Å². The third kappa shape index (κ3) is 5.01. The topological polar surface area (TPSA) is 66.8 Å². The maximum atomic E-state index is 14.8. The van der Waals surface area contributed by atoms with Gasteiger partial charge in [0.05, 0.1) is 18.2 Å². The van der Waals surface area contributed by atoms with Crippen LogP contribution in [0.3, 0.4) is 0 Å². The van der Waals surface area contributed by atoms with Gasteiger partial charge in [0, 0.05) is 17.7 Å². The molecule has 2 aromatic carbocycles. The van der Waals surface area contributed by atoms with Crippen molar-refractivity contribution in [1.82, 2.24) is 4.90 Å². The fraction of sp³-hybridized carbons (Fsp3) is 0.385. The Balaban J connectivity index is 2.08. The van der Waals surface area contributed by atoms with Crippen molar-refractivity contribution >= 4 is 17.4 Å². The minimum Gasteiger partial charge on any atom is -0.507 e. The number of Topliss-reactive ketones (excluding diaryl/α,β-unsaturated/α-hetero) is 1. The number of halogens is 1. The molecule has 1 N–H and O–H groups in total. The summed E-state index contributed by atoms with van der Waals surface area (Å²) in [5.41, 5.74) is 0.439. The number of benzene rings is 2. The average Bonchev–Trinajstić information content (AvgIpc) is 3.03. The SMILES string of the molecule is CCCCCN1C(=O)C(=O)/C(=C(\O)c2cccc(OCC(C)C)c2)C1c1ccccc1F. The highest BCUT2D eigenvalue weighted by Crippen LogP contribution is 2.40. The summed E-state index contributed by atoms with van der Waals surface area (Å²) >= 11 is 0. The van der Waals surface area contributed by atoms with Crippen LogP contribution in [0.5, 0.6) is 5.75 Å². The number of likely N-dealkylation sites (tertiary alicyclic amines) is 1. The lowest BCUT2D eigenvalue weighted by atomic mass is 9.94. The van der Waals surface area contributed by atoms with E-state index in [-0.39, 0.29) is 16.9 Å². The first-order valence-electron chi connectivity index (χ1n) is 11.1. The van der Waals surface area contributed by atoms with Crippen LogP contribution in [-0.4, -0.2) is 34.8 Å². The van der Waals surface area contributed by atoms with Crippen molar-refractivity contribution in [2.75, 3.05) is 13.2 Å². The largest absolute Gasteiger partial charge is 0.507 e. The number of nitrogens with zero attached hydrogens (tertiary/aromatic N) is 1. The Bertz CT molecular complexity index is 1010. The maximum absolute atomic E-state index is 14.8. The fourth-order valence-corrected chi connectivity index (χ4v) is 3.81. The first-order valence-corrected chi connectivity index (χ1v) is 11.1. The fourth-order valence-electron chi connectivity index (χ4n) is 3.81. The molecule has 0 spiro atoms. The van der Waals surface area contributed by atoms with Gasteiger partial charge < -0.3 is 14.7 Å². The summed E-state index contributed by atoms with van der Waals surface area (Å²) in [4.78, 5) is 27.2. The normalized spacial score (nSPS) is 17.9. The quantitative estimate of drug-likeness (QED) is 0.243. The Hall–Kier alpha value is -3.15. The van der Waals surface area contributed by atoms with E-state index in [1.165, 1.54) is 11.0 Å². The van der Waals surface area contributed by atoms with Gasteiger partial charge in [-0.2, -0.15) is 0 Å². The lowest BCUT2D eigenvalue weighted by Gasteiger charge is -2.25. The maximum Gasteiger partial charge on any atom is 0.295 e. The Morgan fingerprint density at radius 3 is 2.56 bits per heavy atom. The molecule has 1 saturated heterocycles. The molecule has 5 nitrogen and oxygen atoms in total. The molecule has 0 aromatic heterocycles. The lowest BCUT2D eigenvalue weighted by molar-refractivity contribution is -0.139. The van der Waals surface area contributed by atoms with E-state index < -0.39 is 23.5 Å². The zero-order valence-corrected chi connectivity index (χ0v) is 18.8. The Morgan fingerprint density at radius 2 is 1.88 bits per heavy atom. The van der Waals surface area contributed by atoms with Gasteiger partial charge in [-0.15, -0.1) is 0 Å². The summed E-state index contributed by atoms with van der Waals surface area (Å²) < 4.78 is 20.5. The number of hydrogen-bond donors (Lipinski definition) is 1. The third-order valence-corrected chi connectivity index (χ3v) is 5.43. The summed E-state index contributed by atoms with van der Waals surface area (Å²) in [5, 5.41) is 11.1. The van der Waals surface area contributed by atoms with E-state index in [0.717, 1.165) is 12.8 Å². The summed E-state index contributed by atoms with van der Waals surface area (Å²) in [6.45, 7) is 6.90. The number of unbranched alkanes of at least 4 members (excludes halogenated alkanes) is 2. The van der Waals surface area contributed by atoms with Crippen LogP contribution in [-0.2, 0) is 9.59 Å². The summed E-state index contributed by atoms with van der Waals surface area (Å²) in [6.07, 6.45) is 2.51. The molecule has 170 valence electrons. The number of ketones is 1. The van der Waals surface area contributed by atoms with E-state index in [4.69, 9.17) is 4.74 Å². The van der Waals surface area contributed by atoms with Crippen LogP contribution in [0.4, 0.5) is 4.39 Å². The van der Waals surface area contributed by atoms with Crippen LogP contribution in [0, 0.1) is 11.7 Å². The van der Waals surface area contributed by atoms with Crippen molar-refractivity contribution in [3.8, 4) is 5.75 Å². The van der Waals surface area contributed by atoms with Gasteiger partial charge in [0.25, 0.3) is 11.7 Å². The Morgan fingerprint density at radius 1 is 1.12 bits per heavy atom. The highest BCUT2D eigenvalue weighted by molar-refractivity contribution is 6.46. The van der Waals surface area contributed by atoms with Crippen LogP contribution in [0.15, 0.2) is 54.1 Å². The van der Waals surface area contributed by atoms with E-state index in [2.05, 4.69) is 0 Å². The van der Waals surface area contributed by atoms with Gasteiger partial charge in [-0.05, 0) is 30.5 Å². The molecular formula is C26H30FNO4. The summed E-state index contributed by atoms with van der Waals surface area (Å²) in [7, 11) is 0. The number of amides is 1. The zero-order chi connectivity index (χ0) is 23.3. The van der Waals surface area contributed by atoms with Gasteiger partial charge in [-0.1, -0.05) is 63.9 Å². The molecule has 1 amide bonds. The highest BCUT2D eigenvalue weighted by atomic mass is 19.1. The number of carbonyl (C=O) groups excluding carboxylic acids is 2. The first kappa shape index (κ1) is 23.5. The van der Waals surface area contributed by atoms with Crippen molar-refractivity contribution in [2.45, 2.75) is 46.1 Å². The van der Waals surface area contributed by atoms with E-state index in [1.807, 2.05) is 20.8 Å². The molecule has 0 radical (unpaired) electrons. The second kappa shape index (κ2) is 10.4. The second-order valence-corrected chi connectivity index (χ2v) is 8.45. The monoisotopic (exact) mass is 439 g/mol. The Kier molecular flexibility index (Phi) is 7.67. The molecule has 6 heteroatoms. The number of aliphatic hydroxyl groups excluding tert-OH is 1. The second-order valence-electron chi connectivity index (χ2n) is 8.45. The predicted octanol–water partition coefficient (Wildman–Crippen LogP) is 5.47. The van der Waals surface area contributed by atoms with Crippen LogP contribution in [0.25, 0.3) is 5.76 Å². The molecule has 1 fully saturated rings. The van der Waals surface area contributed by atoms with Gasteiger partial charge >= 0.3 is 0 Å². The molecule has 32 heavy (non-hydrogen) atoms. The van der Waals surface area contributed by atoms with E-state index in [1.54, 1.807) is 42.5 Å². The standard InChI is InChI=1S/C26H30FNO4/c1-4-5-8-14-28-23(20-12-6-7-13-21(20)27)22(25(30)26(28)31)24(29)18-10-9-11-19(15-18)32-16-17(2)3/h6-7,9-13,15,17,23,29H,4-5,8,14,16H2,1-3H3/b24-22-. The predicted molar refractivity (Wildman–Crippen MR) is 122 cm³/mol. The van der Waals surface area contributed by atoms with Gasteiger partial charge in [0.15, 0.2) is 0 Å². The number of aliphatic hydroxyl groups is 1. The summed E-state index contributed by atoms with van der Waals surface area (Å²) in [5.74, 6) is -1.52. The number of carbonyl (C=O) groups is 2. The lowest BCUT2D eigenvalue weighted by Crippen LogP contribution is -2.31. The molecule has 0 aliphatic carbocycles. The van der Waals surface area contributed by atoms with Crippen molar-refractivity contribution < 1.29 is 23.8 Å². The van der Waals surface area contributed by atoms with Crippen molar-refractivity contribution in [3.63, 3.8) is 0 Å². The number of hydrogen-bond acceptors (Lipinski definition) is 4. The Labute approximate surface area is 188 Å². The molecule has 1 atom stereocenters. The summed E-state index contributed by atoms with van der Waals surface area (Å²) in [6, 6.07) is 11.8. The zero-order valence-electron chi connectivity index (χ0n) is 18.8. The van der Waals surface area contributed by atoms with Gasteiger partial charge in [0.1, 0.15) is 17.3 Å². The number of rotatable bonds is 9. The van der Waals surface area contributed by atoms with Crippen molar-refractivity contribution in [3.05, 3.63) is 71.0 Å². The molecule has 0 saturated carbocycles. The van der Waals surface area contributed by atoms with E-state index >= 15 is 0 Å². The van der Waals surface area contributed by atoms with Crippen molar-refractivity contribution in [1.29, 1.82) is 0 Å². The minimum atomic E-state index is -0.978. The molecular weight excluding hydrogens is 409 g/mol. The smallest absolute Gasteiger partial charge is 0.295 e. The minimum absolute atomic E-state index is 0.0994. The first-order chi connectivity index (χ1) is 15.3.